The van der Waals surface area contributed by atoms with Crippen molar-refractivity contribution in [3.8, 4) is 0 Å². The van der Waals surface area contributed by atoms with Crippen LogP contribution in [-0.4, -0.2) is 5.78 Å². The van der Waals surface area contributed by atoms with Crippen LogP contribution in [0.2, 0.25) is 0 Å². The maximum atomic E-state index is 12.7. The number of ketones is 1. The molecule has 2 aromatic carbocycles. The monoisotopic (exact) mass is 302 g/mol. The lowest BCUT2D eigenvalue weighted by Gasteiger charge is -2.41. The summed E-state index contributed by atoms with van der Waals surface area (Å²) < 4.78 is 0. The lowest BCUT2D eigenvalue weighted by molar-refractivity contribution is 0.0944. The number of carbonyl (C=O) groups is 1. The molecule has 23 heavy (non-hydrogen) atoms. The molecule has 1 spiro atoms. The minimum atomic E-state index is 0.235. The Bertz CT molecular complexity index is 860. The summed E-state index contributed by atoms with van der Waals surface area (Å²) in [4.78, 5) is 12.7. The van der Waals surface area contributed by atoms with Gasteiger partial charge in [-0.1, -0.05) is 37.3 Å². The Labute approximate surface area is 137 Å². The van der Waals surface area contributed by atoms with E-state index in [0.717, 1.165) is 30.7 Å². The van der Waals surface area contributed by atoms with Gasteiger partial charge in [-0.3, -0.25) is 4.79 Å². The maximum absolute atomic E-state index is 12.7. The third kappa shape index (κ3) is 1.71. The van der Waals surface area contributed by atoms with E-state index in [2.05, 4.69) is 49.4 Å². The lowest BCUT2D eigenvalue weighted by Crippen LogP contribution is -2.36. The van der Waals surface area contributed by atoms with E-state index < -0.39 is 0 Å². The van der Waals surface area contributed by atoms with E-state index in [4.69, 9.17) is 0 Å². The van der Waals surface area contributed by atoms with E-state index >= 15 is 0 Å². The third-order valence-electron chi connectivity index (χ3n) is 6.63. The predicted molar refractivity (Wildman–Crippen MR) is 93.9 cm³/mol. The Balaban J connectivity index is 1.79. The summed E-state index contributed by atoms with van der Waals surface area (Å²) in [5.74, 6) is 1.73. The quantitative estimate of drug-likeness (QED) is 0.661. The minimum Gasteiger partial charge on any atom is -0.294 e. The summed E-state index contributed by atoms with van der Waals surface area (Å²) in [6.07, 6.45) is 10.2. The molecule has 1 saturated carbocycles. The zero-order chi connectivity index (χ0) is 15.6. The second-order valence-electron chi connectivity index (χ2n) is 7.66. The molecular formula is C22H22O. The average molecular weight is 302 g/mol. The number of hydrogen-bond acceptors (Lipinski definition) is 1. The van der Waals surface area contributed by atoms with Crippen LogP contribution >= 0.6 is 0 Å². The van der Waals surface area contributed by atoms with Crippen molar-refractivity contribution in [1.82, 2.24) is 0 Å². The van der Waals surface area contributed by atoms with Gasteiger partial charge in [0.2, 0.25) is 0 Å². The number of aryl methyl sites for hydroxylation is 1. The zero-order valence-electron chi connectivity index (χ0n) is 13.6. The van der Waals surface area contributed by atoms with Crippen LogP contribution < -0.4 is 0 Å². The molecule has 3 aliphatic carbocycles. The highest BCUT2D eigenvalue weighted by molar-refractivity contribution is 6.03. The first-order valence-corrected chi connectivity index (χ1v) is 8.99. The molecule has 1 heteroatoms. The van der Waals surface area contributed by atoms with E-state index in [-0.39, 0.29) is 5.41 Å². The van der Waals surface area contributed by atoms with Gasteiger partial charge in [0.25, 0.3) is 0 Å². The van der Waals surface area contributed by atoms with Crippen molar-refractivity contribution < 1.29 is 4.79 Å². The summed E-state index contributed by atoms with van der Waals surface area (Å²) in [5.41, 5.74) is 3.96. The highest BCUT2D eigenvalue weighted by atomic mass is 16.1. The van der Waals surface area contributed by atoms with Crippen LogP contribution in [0, 0.1) is 11.8 Å². The molecule has 0 amide bonds. The van der Waals surface area contributed by atoms with Gasteiger partial charge in [-0.05, 0) is 71.6 Å². The van der Waals surface area contributed by atoms with Crippen LogP contribution in [0.5, 0.6) is 0 Å². The lowest BCUT2D eigenvalue weighted by atomic mass is 9.62. The Kier molecular flexibility index (Phi) is 2.69. The number of hydrogen-bond donors (Lipinski definition) is 0. The minimum absolute atomic E-state index is 0.235. The summed E-state index contributed by atoms with van der Waals surface area (Å²) in [7, 11) is 0. The Morgan fingerprint density at radius 1 is 1.22 bits per heavy atom. The molecule has 1 fully saturated rings. The summed E-state index contributed by atoms with van der Waals surface area (Å²) in [6.45, 7) is 2.19. The molecule has 0 N–H and O–H groups in total. The van der Waals surface area contributed by atoms with Crippen LogP contribution in [0.25, 0.3) is 10.8 Å². The Hall–Kier alpha value is -1.89. The van der Waals surface area contributed by atoms with Crippen molar-refractivity contribution in [3.05, 3.63) is 59.2 Å². The molecule has 0 aromatic heterocycles. The molecule has 1 nitrogen and oxygen atoms in total. The molecule has 3 atom stereocenters. The SMILES string of the molecule is CCc1cccc2cc3c(cc12)C(=O)CCC31CC2C=CC1C2. The summed E-state index contributed by atoms with van der Waals surface area (Å²) >= 11 is 0. The Morgan fingerprint density at radius 3 is 2.87 bits per heavy atom. The van der Waals surface area contributed by atoms with Gasteiger partial charge < -0.3 is 0 Å². The van der Waals surface area contributed by atoms with E-state index in [0.29, 0.717) is 11.7 Å². The molecule has 3 aliphatic rings. The fourth-order valence-electron chi connectivity index (χ4n) is 5.50. The number of rotatable bonds is 1. The predicted octanol–water partition coefficient (Wildman–Crippen LogP) is 5.21. The van der Waals surface area contributed by atoms with Crippen molar-refractivity contribution in [2.45, 2.75) is 44.4 Å². The molecule has 2 aromatic rings. The molecular weight excluding hydrogens is 280 g/mol. The first kappa shape index (κ1) is 13.5. The van der Waals surface area contributed by atoms with E-state index in [1.165, 1.54) is 34.7 Å². The number of allylic oxidation sites excluding steroid dienone is 2. The molecule has 2 bridgehead atoms. The summed E-state index contributed by atoms with van der Waals surface area (Å²) in [6, 6.07) is 11.1. The highest BCUT2D eigenvalue weighted by Crippen LogP contribution is 2.58. The number of fused-ring (bicyclic) bond motifs is 6. The molecule has 0 aliphatic heterocycles. The number of benzene rings is 2. The molecule has 0 heterocycles. The van der Waals surface area contributed by atoms with Crippen LogP contribution in [0.4, 0.5) is 0 Å². The van der Waals surface area contributed by atoms with E-state index in [9.17, 15) is 4.79 Å². The first-order chi connectivity index (χ1) is 11.2. The zero-order valence-corrected chi connectivity index (χ0v) is 13.6. The van der Waals surface area contributed by atoms with Crippen LogP contribution in [-0.2, 0) is 11.8 Å². The fourth-order valence-corrected chi connectivity index (χ4v) is 5.50. The van der Waals surface area contributed by atoms with Gasteiger partial charge in [-0.25, -0.2) is 0 Å². The van der Waals surface area contributed by atoms with Crippen molar-refractivity contribution in [2.24, 2.45) is 11.8 Å². The number of carbonyl (C=O) groups excluding carboxylic acids is 1. The third-order valence-corrected chi connectivity index (χ3v) is 6.63. The van der Waals surface area contributed by atoms with Gasteiger partial charge in [0, 0.05) is 17.4 Å². The van der Waals surface area contributed by atoms with E-state index in [1.807, 2.05) is 0 Å². The van der Waals surface area contributed by atoms with Gasteiger partial charge in [0.1, 0.15) is 0 Å². The summed E-state index contributed by atoms with van der Waals surface area (Å²) in [5, 5.41) is 2.58. The van der Waals surface area contributed by atoms with E-state index in [1.54, 1.807) is 0 Å². The molecule has 0 radical (unpaired) electrons. The van der Waals surface area contributed by atoms with Gasteiger partial charge in [0.15, 0.2) is 5.78 Å². The number of Topliss-reactive ketones (excluding diaryl/α,β-unsaturated/α-hetero) is 1. The van der Waals surface area contributed by atoms with Crippen molar-refractivity contribution in [3.63, 3.8) is 0 Å². The molecule has 0 saturated heterocycles. The largest absolute Gasteiger partial charge is 0.294 e. The van der Waals surface area contributed by atoms with Gasteiger partial charge in [-0.2, -0.15) is 0 Å². The van der Waals surface area contributed by atoms with Gasteiger partial charge in [-0.15, -0.1) is 0 Å². The van der Waals surface area contributed by atoms with Gasteiger partial charge in [0.05, 0.1) is 0 Å². The van der Waals surface area contributed by atoms with Gasteiger partial charge >= 0.3 is 0 Å². The topological polar surface area (TPSA) is 17.1 Å². The maximum Gasteiger partial charge on any atom is 0.163 e. The first-order valence-electron chi connectivity index (χ1n) is 8.99. The van der Waals surface area contributed by atoms with Crippen molar-refractivity contribution in [1.29, 1.82) is 0 Å². The molecule has 116 valence electrons. The molecule has 3 unspecified atom stereocenters. The standard InChI is InChI=1S/C22H22O/c1-2-15-4-3-5-16-11-20-19(12-18(15)16)21(23)8-9-22(20)13-14-6-7-17(22)10-14/h3-7,11-12,14,17H,2,8-10,13H2,1H3. The smallest absolute Gasteiger partial charge is 0.163 e. The van der Waals surface area contributed by atoms with Crippen molar-refractivity contribution in [2.75, 3.05) is 0 Å². The highest BCUT2D eigenvalue weighted by Gasteiger charge is 2.52. The second kappa shape index (κ2) is 4.56. The van der Waals surface area contributed by atoms with Crippen LogP contribution in [0.1, 0.15) is 54.1 Å². The van der Waals surface area contributed by atoms with Crippen LogP contribution in [0.15, 0.2) is 42.5 Å². The average Bonchev–Trinajstić information content (AvgIpc) is 3.18. The fraction of sp³-hybridized carbons (Fsp3) is 0.409. The van der Waals surface area contributed by atoms with Crippen LogP contribution in [0.3, 0.4) is 0 Å². The molecule has 5 rings (SSSR count). The van der Waals surface area contributed by atoms with Crippen molar-refractivity contribution >= 4 is 16.6 Å². The second-order valence-corrected chi connectivity index (χ2v) is 7.66. The Morgan fingerprint density at radius 2 is 2.13 bits per heavy atom. The normalized spacial score (nSPS) is 31.3.